The number of ether oxygens (including phenoxy) is 2. The highest BCUT2D eigenvalue weighted by atomic mass is 79.9. The lowest BCUT2D eigenvalue weighted by molar-refractivity contribution is -0.144. The van der Waals surface area contributed by atoms with E-state index in [-0.39, 0.29) is 11.9 Å². The number of unbranched alkanes of at least 4 members (excludes halogenated alkanes) is 4. The SMILES string of the molecule is CCOC(=O)CCCCCc1ccsc1-c1sc(Br)cc1CCCCCC(=O)OCC. The van der Waals surface area contributed by atoms with Crippen molar-refractivity contribution in [2.45, 2.75) is 78.1 Å². The molecule has 31 heavy (non-hydrogen) atoms. The van der Waals surface area contributed by atoms with Gasteiger partial charge in [-0.3, -0.25) is 9.59 Å². The first-order valence-electron chi connectivity index (χ1n) is 11.2. The van der Waals surface area contributed by atoms with E-state index in [0.717, 1.165) is 55.2 Å². The minimum atomic E-state index is -0.0908. The summed E-state index contributed by atoms with van der Waals surface area (Å²) in [6.07, 6.45) is 9.09. The Bertz CT molecular complexity index is 812. The molecule has 0 unspecified atom stereocenters. The molecule has 0 aromatic carbocycles. The van der Waals surface area contributed by atoms with Gasteiger partial charge in [-0.05, 0) is 96.9 Å². The molecule has 0 aliphatic heterocycles. The number of carbonyl (C=O) groups is 2. The summed E-state index contributed by atoms with van der Waals surface area (Å²) < 4.78 is 11.2. The quantitative estimate of drug-likeness (QED) is 0.176. The second-order valence-corrected chi connectivity index (χ2v) is 10.8. The predicted molar refractivity (Wildman–Crippen MR) is 133 cm³/mol. The van der Waals surface area contributed by atoms with Crippen molar-refractivity contribution in [3.63, 3.8) is 0 Å². The van der Waals surface area contributed by atoms with Gasteiger partial charge in [0.1, 0.15) is 0 Å². The van der Waals surface area contributed by atoms with Crippen molar-refractivity contribution >= 4 is 50.5 Å². The molecular weight excluding hydrogens is 496 g/mol. The van der Waals surface area contributed by atoms with E-state index in [2.05, 4.69) is 33.4 Å². The van der Waals surface area contributed by atoms with Gasteiger partial charge in [0.05, 0.1) is 17.0 Å². The van der Waals surface area contributed by atoms with Crippen molar-refractivity contribution in [1.82, 2.24) is 0 Å². The fourth-order valence-corrected chi connectivity index (χ4v) is 6.37. The van der Waals surface area contributed by atoms with Crippen LogP contribution in [0.3, 0.4) is 0 Å². The Hall–Kier alpha value is -1.18. The zero-order chi connectivity index (χ0) is 22.5. The fraction of sp³-hybridized carbons (Fsp3) is 0.583. The van der Waals surface area contributed by atoms with Gasteiger partial charge in [-0.15, -0.1) is 22.7 Å². The number of rotatable bonds is 15. The molecule has 0 N–H and O–H groups in total. The molecule has 0 aliphatic carbocycles. The highest BCUT2D eigenvalue weighted by Gasteiger charge is 2.15. The standard InChI is InChI=1S/C24H33BrO4S2/c1-3-28-21(26)13-9-5-7-11-18-15-16-30-23(18)24-19(17-20(25)31-24)12-8-6-10-14-22(27)29-4-2/h15-17H,3-14H2,1-2H3. The molecule has 172 valence electrons. The second-order valence-electron chi connectivity index (χ2n) is 7.41. The van der Waals surface area contributed by atoms with Gasteiger partial charge >= 0.3 is 11.9 Å². The summed E-state index contributed by atoms with van der Waals surface area (Å²) in [5, 5.41) is 2.18. The minimum absolute atomic E-state index is 0.0888. The van der Waals surface area contributed by atoms with Gasteiger partial charge in [0, 0.05) is 22.6 Å². The van der Waals surface area contributed by atoms with Crippen LogP contribution in [-0.2, 0) is 31.9 Å². The van der Waals surface area contributed by atoms with Gasteiger partial charge in [0.25, 0.3) is 0 Å². The monoisotopic (exact) mass is 528 g/mol. The molecule has 2 aromatic rings. The van der Waals surface area contributed by atoms with Crippen molar-refractivity contribution in [2.24, 2.45) is 0 Å². The number of hydrogen-bond acceptors (Lipinski definition) is 6. The summed E-state index contributed by atoms with van der Waals surface area (Å²) in [6, 6.07) is 4.48. The molecule has 4 nitrogen and oxygen atoms in total. The van der Waals surface area contributed by atoms with E-state index < -0.39 is 0 Å². The number of aryl methyl sites for hydroxylation is 2. The number of halogens is 1. The largest absolute Gasteiger partial charge is 0.466 e. The van der Waals surface area contributed by atoms with Crippen LogP contribution in [0.5, 0.6) is 0 Å². The van der Waals surface area contributed by atoms with Crippen LogP contribution < -0.4 is 0 Å². The maximum absolute atomic E-state index is 11.5. The van der Waals surface area contributed by atoms with Crippen molar-refractivity contribution < 1.29 is 19.1 Å². The Morgan fingerprint density at radius 2 is 1.42 bits per heavy atom. The number of esters is 2. The molecule has 0 spiro atoms. The van der Waals surface area contributed by atoms with Crippen LogP contribution in [0.25, 0.3) is 9.75 Å². The maximum atomic E-state index is 11.5. The topological polar surface area (TPSA) is 52.6 Å². The lowest BCUT2D eigenvalue weighted by Crippen LogP contribution is -2.03. The van der Waals surface area contributed by atoms with Crippen molar-refractivity contribution in [3.05, 3.63) is 32.4 Å². The number of hydrogen-bond donors (Lipinski definition) is 0. The number of carbonyl (C=O) groups excluding carboxylic acids is 2. The third kappa shape index (κ3) is 9.46. The average molecular weight is 530 g/mol. The summed E-state index contributed by atoms with van der Waals surface area (Å²) in [5.74, 6) is -0.180. The Morgan fingerprint density at radius 3 is 2.00 bits per heavy atom. The van der Waals surface area contributed by atoms with Crippen LogP contribution in [0.15, 0.2) is 21.3 Å². The highest BCUT2D eigenvalue weighted by molar-refractivity contribution is 9.11. The highest BCUT2D eigenvalue weighted by Crippen LogP contribution is 2.41. The van der Waals surface area contributed by atoms with Crippen molar-refractivity contribution in [3.8, 4) is 9.75 Å². The fourth-order valence-electron chi connectivity index (χ4n) is 3.49. The number of thiophene rings is 2. The lowest BCUT2D eigenvalue weighted by Gasteiger charge is -2.07. The van der Waals surface area contributed by atoms with Crippen LogP contribution in [0.1, 0.15) is 76.3 Å². The van der Waals surface area contributed by atoms with Crippen LogP contribution in [0.4, 0.5) is 0 Å². The van der Waals surface area contributed by atoms with Crippen molar-refractivity contribution in [1.29, 1.82) is 0 Å². The van der Waals surface area contributed by atoms with Gasteiger partial charge in [-0.2, -0.15) is 0 Å². The smallest absolute Gasteiger partial charge is 0.305 e. The molecule has 0 amide bonds. The molecule has 2 heterocycles. The Balaban J connectivity index is 1.83. The first-order valence-corrected chi connectivity index (χ1v) is 13.7. The van der Waals surface area contributed by atoms with Crippen molar-refractivity contribution in [2.75, 3.05) is 13.2 Å². The van der Waals surface area contributed by atoms with E-state index in [1.54, 1.807) is 11.3 Å². The second kappa shape index (κ2) is 14.8. The van der Waals surface area contributed by atoms with E-state index in [0.29, 0.717) is 26.1 Å². The maximum Gasteiger partial charge on any atom is 0.305 e. The van der Waals surface area contributed by atoms with Crippen LogP contribution in [0, 0.1) is 0 Å². The molecule has 0 saturated heterocycles. The first kappa shape index (κ1) is 26.1. The normalized spacial score (nSPS) is 10.9. The zero-order valence-electron chi connectivity index (χ0n) is 18.5. The Labute approximate surface area is 202 Å². The minimum Gasteiger partial charge on any atom is -0.466 e. The van der Waals surface area contributed by atoms with Gasteiger partial charge in [-0.1, -0.05) is 12.8 Å². The first-order chi connectivity index (χ1) is 15.0. The van der Waals surface area contributed by atoms with E-state index >= 15 is 0 Å². The molecular formula is C24H33BrO4S2. The molecule has 0 bridgehead atoms. The van der Waals surface area contributed by atoms with Crippen LogP contribution >= 0.6 is 38.6 Å². The molecule has 0 atom stereocenters. The molecule has 0 aliphatic rings. The molecule has 7 heteroatoms. The molecule has 2 rings (SSSR count). The van der Waals surface area contributed by atoms with Crippen LogP contribution in [-0.4, -0.2) is 25.2 Å². The molecule has 0 radical (unpaired) electrons. The molecule has 2 aromatic heterocycles. The van der Waals surface area contributed by atoms with Gasteiger partial charge < -0.3 is 9.47 Å². The van der Waals surface area contributed by atoms with E-state index in [4.69, 9.17) is 9.47 Å². The predicted octanol–water partition coefficient (Wildman–Crippen LogP) is 7.57. The van der Waals surface area contributed by atoms with Gasteiger partial charge in [0.15, 0.2) is 0 Å². The summed E-state index contributed by atoms with van der Waals surface area (Å²) in [7, 11) is 0. The van der Waals surface area contributed by atoms with E-state index in [9.17, 15) is 9.59 Å². The van der Waals surface area contributed by atoms with E-state index in [1.165, 1.54) is 20.9 Å². The summed E-state index contributed by atoms with van der Waals surface area (Å²) in [5.41, 5.74) is 2.79. The molecule has 0 fully saturated rings. The summed E-state index contributed by atoms with van der Waals surface area (Å²) in [6.45, 7) is 4.60. The van der Waals surface area contributed by atoms with Gasteiger partial charge in [-0.25, -0.2) is 0 Å². The third-order valence-electron chi connectivity index (χ3n) is 5.00. The van der Waals surface area contributed by atoms with Crippen LogP contribution in [0.2, 0.25) is 0 Å². The summed E-state index contributed by atoms with van der Waals surface area (Å²) >= 11 is 7.29. The summed E-state index contributed by atoms with van der Waals surface area (Å²) in [4.78, 5) is 25.7. The zero-order valence-corrected chi connectivity index (χ0v) is 21.8. The average Bonchev–Trinajstić information content (AvgIpc) is 3.33. The third-order valence-corrected chi connectivity index (χ3v) is 7.80. The molecule has 0 saturated carbocycles. The Kier molecular flexibility index (Phi) is 12.4. The lowest BCUT2D eigenvalue weighted by atomic mass is 10.0. The van der Waals surface area contributed by atoms with Gasteiger partial charge in [0.2, 0.25) is 0 Å². The Morgan fingerprint density at radius 1 is 0.839 bits per heavy atom. The van der Waals surface area contributed by atoms with E-state index in [1.807, 2.05) is 25.2 Å².